The van der Waals surface area contributed by atoms with Crippen LogP contribution in [0.5, 0.6) is 0 Å². The van der Waals surface area contributed by atoms with Crippen LogP contribution in [0.4, 0.5) is 0 Å². The van der Waals surface area contributed by atoms with E-state index in [4.69, 9.17) is 0 Å². The average molecular weight is 410 g/mol. The predicted octanol–water partition coefficient (Wildman–Crippen LogP) is 3.95. The van der Waals surface area contributed by atoms with Crippen LogP contribution in [0.25, 0.3) is 0 Å². The van der Waals surface area contributed by atoms with E-state index in [1.165, 1.54) is 0 Å². The van der Waals surface area contributed by atoms with Crippen LogP contribution >= 0.6 is 38.5 Å². The number of carbonyl (C=O) groups excluding carboxylic acids is 1. The SMILES string of the molecule is Cc1ccc(C(=O)NC(CI)C(C)C)c(Br)c1. The number of nitrogens with one attached hydrogen (secondary N) is 1. The van der Waals surface area contributed by atoms with Crippen LogP contribution in [0.2, 0.25) is 0 Å². The van der Waals surface area contributed by atoms with Gasteiger partial charge < -0.3 is 5.32 Å². The molecule has 0 spiro atoms. The van der Waals surface area contributed by atoms with Crippen molar-refractivity contribution in [2.75, 3.05) is 4.43 Å². The summed E-state index contributed by atoms with van der Waals surface area (Å²) in [5.41, 5.74) is 1.84. The second-order valence-corrected chi connectivity index (χ2v) is 6.20. The van der Waals surface area contributed by atoms with Crippen molar-refractivity contribution in [2.45, 2.75) is 26.8 Å². The first-order valence-corrected chi connectivity index (χ1v) is 7.90. The van der Waals surface area contributed by atoms with Crippen molar-refractivity contribution in [1.29, 1.82) is 0 Å². The fourth-order valence-corrected chi connectivity index (χ4v) is 3.34. The molecule has 1 aromatic rings. The van der Waals surface area contributed by atoms with E-state index < -0.39 is 0 Å². The minimum atomic E-state index is -0.00718. The lowest BCUT2D eigenvalue weighted by Gasteiger charge is -2.20. The van der Waals surface area contributed by atoms with Crippen molar-refractivity contribution in [2.24, 2.45) is 5.92 Å². The van der Waals surface area contributed by atoms with Gasteiger partial charge in [-0.2, -0.15) is 0 Å². The second kappa shape index (κ2) is 6.73. The molecule has 1 atom stereocenters. The smallest absolute Gasteiger partial charge is 0.252 e. The van der Waals surface area contributed by atoms with Crippen LogP contribution in [-0.4, -0.2) is 16.4 Å². The molecule has 0 saturated heterocycles. The summed E-state index contributed by atoms with van der Waals surface area (Å²) < 4.78 is 1.77. The Bertz CT molecular complexity index is 406. The molecule has 0 bridgehead atoms. The molecule has 1 N–H and O–H groups in total. The summed E-state index contributed by atoms with van der Waals surface area (Å²) in [4.78, 5) is 12.1. The maximum absolute atomic E-state index is 12.1. The molecule has 2 nitrogen and oxygen atoms in total. The normalized spacial score (nSPS) is 12.6. The molecule has 17 heavy (non-hydrogen) atoms. The number of benzene rings is 1. The molecule has 1 rings (SSSR count). The third-order valence-corrected chi connectivity index (χ3v) is 4.26. The van der Waals surface area contributed by atoms with Crippen molar-refractivity contribution < 1.29 is 4.79 Å². The first-order chi connectivity index (χ1) is 7.95. The molecule has 1 aromatic carbocycles. The Hall–Kier alpha value is -0.100. The Morgan fingerprint density at radius 2 is 2.12 bits per heavy atom. The summed E-state index contributed by atoms with van der Waals surface area (Å²) in [6, 6.07) is 5.99. The van der Waals surface area contributed by atoms with E-state index in [9.17, 15) is 4.79 Å². The number of amides is 1. The molecule has 0 aliphatic heterocycles. The molecular weight excluding hydrogens is 393 g/mol. The van der Waals surface area contributed by atoms with Crippen molar-refractivity contribution in [1.82, 2.24) is 5.32 Å². The first-order valence-electron chi connectivity index (χ1n) is 5.58. The van der Waals surface area contributed by atoms with Gasteiger partial charge in [0.05, 0.1) is 5.56 Å². The van der Waals surface area contributed by atoms with Gasteiger partial charge in [0.1, 0.15) is 0 Å². The molecule has 1 unspecified atom stereocenters. The van der Waals surface area contributed by atoms with E-state index in [1.807, 2.05) is 25.1 Å². The lowest BCUT2D eigenvalue weighted by molar-refractivity contribution is 0.0931. The lowest BCUT2D eigenvalue weighted by atomic mass is 10.1. The molecule has 0 fully saturated rings. The Morgan fingerprint density at radius 3 is 2.59 bits per heavy atom. The van der Waals surface area contributed by atoms with Crippen LogP contribution in [-0.2, 0) is 0 Å². The fraction of sp³-hybridized carbons (Fsp3) is 0.462. The zero-order valence-corrected chi connectivity index (χ0v) is 14.0. The second-order valence-electron chi connectivity index (χ2n) is 4.46. The van der Waals surface area contributed by atoms with Gasteiger partial charge in [-0.1, -0.05) is 42.5 Å². The zero-order chi connectivity index (χ0) is 13.0. The molecule has 0 aliphatic rings. The third-order valence-electron chi connectivity index (χ3n) is 2.66. The Morgan fingerprint density at radius 1 is 1.47 bits per heavy atom. The minimum Gasteiger partial charge on any atom is -0.348 e. The first kappa shape index (κ1) is 15.0. The summed E-state index contributed by atoms with van der Waals surface area (Å²) >= 11 is 5.74. The molecule has 94 valence electrons. The Kier molecular flexibility index (Phi) is 5.92. The van der Waals surface area contributed by atoms with Gasteiger partial charge in [0, 0.05) is 14.9 Å². The van der Waals surface area contributed by atoms with Gasteiger partial charge in [0.15, 0.2) is 0 Å². The molecule has 0 saturated carbocycles. The van der Waals surface area contributed by atoms with Crippen LogP contribution in [0.15, 0.2) is 22.7 Å². The topological polar surface area (TPSA) is 29.1 Å². The summed E-state index contributed by atoms with van der Waals surface area (Å²) in [5.74, 6) is 0.437. The third kappa shape index (κ3) is 4.25. The van der Waals surface area contributed by atoms with Gasteiger partial charge in [-0.3, -0.25) is 4.79 Å². The maximum atomic E-state index is 12.1. The number of hydrogen-bond acceptors (Lipinski definition) is 1. The van der Waals surface area contributed by atoms with Crippen molar-refractivity contribution in [3.63, 3.8) is 0 Å². The van der Waals surface area contributed by atoms with Gasteiger partial charge in [-0.15, -0.1) is 0 Å². The molecule has 4 heteroatoms. The highest BCUT2D eigenvalue weighted by atomic mass is 127. The largest absolute Gasteiger partial charge is 0.348 e. The predicted molar refractivity (Wildman–Crippen MR) is 83.9 cm³/mol. The zero-order valence-electron chi connectivity index (χ0n) is 10.3. The summed E-state index contributed by atoms with van der Waals surface area (Å²) in [6.07, 6.45) is 0. The minimum absolute atomic E-state index is 0.00718. The molecule has 0 heterocycles. The van der Waals surface area contributed by atoms with Crippen LogP contribution in [0.1, 0.15) is 29.8 Å². The number of rotatable bonds is 4. The number of halogens is 2. The monoisotopic (exact) mass is 409 g/mol. The van der Waals surface area contributed by atoms with E-state index in [2.05, 4.69) is 57.7 Å². The van der Waals surface area contributed by atoms with E-state index >= 15 is 0 Å². The van der Waals surface area contributed by atoms with Gasteiger partial charge in [0.2, 0.25) is 0 Å². The highest BCUT2D eigenvalue weighted by molar-refractivity contribution is 14.1. The van der Waals surface area contributed by atoms with Gasteiger partial charge >= 0.3 is 0 Å². The van der Waals surface area contributed by atoms with Crippen molar-refractivity contribution in [3.05, 3.63) is 33.8 Å². The number of alkyl halides is 1. The molecule has 1 amide bonds. The molecule has 0 radical (unpaired) electrons. The van der Waals surface area contributed by atoms with E-state index in [1.54, 1.807) is 0 Å². The van der Waals surface area contributed by atoms with Gasteiger partial charge in [0.25, 0.3) is 5.91 Å². The number of carbonyl (C=O) groups is 1. The maximum Gasteiger partial charge on any atom is 0.252 e. The van der Waals surface area contributed by atoms with E-state index in [-0.39, 0.29) is 11.9 Å². The van der Waals surface area contributed by atoms with Crippen LogP contribution < -0.4 is 5.32 Å². The summed E-state index contributed by atoms with van der Waals surface area (Å²) in [7, 11) is 0. The summed E-state index contributed by atoms with van der Waals surface area (Å²) in [6.45, 7) is 6.25. The molecular formula is C13H17BrINO. The number of hydrogen-bond donors (Lipinski definition) is 1. The fourth-order valence-electron chi connectivity index (χ4n) is 1.43. The van der Waals surface area contributed by atoms with Crippen LogP contribution in [0, 0.1) is 12.8 Å². The van der Waals surface area contributed by atoms with E-state index in [0.717, 1.165) is 14.5 Å². The molecule has 0 aromatic heterocycles. The van der Waals surface area contributed by atoms with E-state index in [0.29, 0.717) is 11.5 Å². The number of aryl methyl sites for hydroxylation is 1. The van der Waals surface area contributed by atoms with Gasteiger partial charge in [-0.25, -0.2) is 0 Å². The highest BCUT2D eigenvalue weighted by Gasteiger charge is 2.17. The lowest BCUT2D eigenvalue weighted by Crippen LogP contribution is -2.39. The van der Waals surface area contributed by atoms with Crippen molar-refractivity contribution >= 4 is 44.4 Å². The molecule has 0 aliphatic carbocycles. The quantitative estimate of drug-likeness (QED) is 0.592. The van der Waals surface area contributed by atoms with Crippen LogP contribution in [0.3, 0.4) is 0 Å². The van der Waals surface area contributed by atoms with Crippen molar-refractivity contribution in [3.8, 4) is 0 Å². The van der Waals surface area contributed by atoms with Gasteiger partial charge in [-0.05, 0) is 46.5 Å². The Labute approximate surface area is 125 Å². The standard InChI is InChI=1S/C13H17BrINO/c1-8(2)12(7-15)16-13(17)10-5-4-9(3)6-11(10)14/h4-6,8,12H,7H2,1-3H3,(H,16,17). The average Bonchev–Trinajstić information content (AvgIpc) is 2.24. The Balaban J connectivity index is 2.82. The summed E-state index contributed by atoms with van der Waals surface area (Å²) in [5, 5.41) is 3.07. The highest BCUT2D eigenvalue weighted by Crippen LogP contribution is 2.19.